The van der Waals surface area contributed by atoms with E-state index >= 15 is 0 Å². The molecule has 21 heavy (non-hydrogen) atoms. The van der Waals surface area contributed by atoms with Gasteiger partial charge in [-0.3, -0.25) is 4.79 Å². The molecule has 0 bridgehead atoms. The molecule has 0 aliphatic carbocycles. The van der Waals surface area contributed by atoms with Crippen LogP contribution in [-0.4, -0.2) is 33.8 Å². The van der Waals surface area contributed by atoms with E-state index in [4.69, 9.17) is 0 Å². The van der Waals surface area contributed by atoms with Crippen molar-refractivity contribution in [3.05, 3.63) is 42.5 Å². The molecule has 110 valence electrons. The molecule has 6 heteroatoms. The molecule has 1 aromatic heterocycles. The smallest absolute Gasteiger partial charge is 0.224 e. The van der Waals surface area contributed by atoms with Gasteiger partial charge < -0.3 is 10.6 Å². The molecule has 1 aliphatic rings. The van der Waals surface area contributed by atoms with Crippen LogP contribution in [0, 0.1) is 5.92 Å². The van der Waals surface area contributed by atoms with E-state index in [0.717, 1.165) is 37.2 Å². The maximum atomic E-state index is 12.1. The molecule has 1 aromatic carbocycles. The third kappa shape index (κ3) is 3.46. The maximum Gasteiger partial charge on any atom is 0.224 e. The van der Waals surface area contributed by atoms with E-state index in [2.05, 4.69) is 20.7 Å². The summed E-state index contributed by atoms with van der Waals surface area (Å²) in [5.41, 5.74) is 2.04. The van der Waals surface area contributed by atoms with Crippen molar-refractivity contribution >= 4 is 5.91 Å². The van der Waals surface area contributed by atoms with Crippen molar-refractivity contribution in [1.29, 1.82) is 0 Å². The summed E-state index contributed by atoms with van der Waals surface area (Å²) in [4.78, 5) is 16.0. The predicted molar refractivity (Wildman–Crippen MR) is 78.8 cm³/mol. The Labute approximate surface area is 123 Å². The van der Waals surface area contributed by atoms with Gasteiger partial charge in [0.2, 0.25) is 5.91 Å². The van der Waals surface area contributed by atoms with E-state index in [1.54, 1.807) is 11.0 Å². The average molecular weight is 285 g/mol. The van der Waals surface area contributed by atoms with Crippen molar-refractivity contribution in [3.63, 3.8) is 0 Å². The highest BCUT2D eigenvalue weighted by Crippen LogP contribution is 2.11. The lowest BCUT2D eigenvalue weighted by Gasteiger charge is -2.21. The van der Waals surface area contributed by atoms with Gasteiger partial charge in [-0.2, -0.15) is 5.10 Å². The van der Waals surface area contributed by atoms with Crippen LogP contribution >= 0.6 is 0 Å². The first-order valence-electron chi connectivity index (χ1n) is 7.25. The van der Waals surface area contributed by atoms with Gasteiger partial charge in [0.25, 0.3) is 0 Å². The number of nitrogens with zero attached hydrogens (tertiary/aromatic N) is 3. The topological polar surface area (TPSA) is 71.8 Å². The van der Waals surface area contributed by atoms with Crippen molar-refractivity contribution < 1.29 is 4.79 Å². The van der Waals surface area contributed by atoms with Gasteiger partial charge in [0.15, 0.2) is 0 Å². The van der Waals surface area contributed by atoms with Crippen LogP contribution in [0.5, 0.6) is 0 Å². The van der Waals surface area contributed by atoms with E-state index in [0.29, 0.717) is 6.54 Å². The molecule has 2 aromatic rings. The maximum absolute atomic E-state index is 12.1. The summed E-state index contributed by atoms with van der Waals surface area (Å²) < 4.78 is 1.70. The quantitative estimate of drug-likeness (QED) is 0.875. The normalized spacial score (nSPS) is 18.4. The fraction of sp³-hybridized carbons (Fsp3) is 0.400. The number of carbonyl (C=O) groups is 1. The lowest BCUT2D eigenvalue weighted by molar-refractivity contribution is -0.125. The zero-order chi connectivity index (χ0) is 14.5. The third-order valence-electron chi connectivity index (χ3n) is 3.75. The largest absolute Gasteiger partial charge is 0.352 e. The van der Waals surface area contributed by atoms with Crippen LogP contribution < -0.4 is 10.6 Å². The number of piperidine rings is 1. The Morgan fingerprint density at radius 1 is 1.38 bits per heavy atom. The summed E-state index contributed by atoms with van der Waals surface area (Å²) in [5.74, 6) is 0.246. The highest BCUT2D eigenvalue weighted by Gasteiger charge is 2.20. The molecule has 3 rings (SSSR count). The zero-order valence-electron chi connectivity index (χ0n) is 11.8. The second kappa shape index (κ2) is 6.49. The van der Waals surface area contributed by atoms with E-state index in [1.807, 2.05) is 24.3 Å². The van der Waals surface area contributed by atoms with Crippen LogP contribution in [0.15, 0.2) is 36.9 Å². The first kappa shape index (κ1) is 13.8. The molecule has 1 fully saturated rings. The van der Waals surface area contributed by atoms with Crippen LogP contribution in [0.1, 0.15) is 18.4 Å². The van der Waals surface area contributed by atoms with Gasteiger partial charge in [-0.25, -0.2) is 9.67 Å². The van der Waals surface area contributed by atoms with Crippen molar-refractivity contribution in [3.8, 4) is 5.69 Å². The fourth-order valence-electron chi connectivity index (χ4n) is 2.52. The Kier molecular flexibility index (Phi) is 4.25. The van der Waals surface area contributed by atoms with E-state index in [-0.39, 0.29) is 11.8 Å². The van der Waals surface area contributed by atoms with Gasteiger partial charge in [0, 0.05) is 13.1 Å². The van der Waals surface area contributed by atoms with Crippen LogP contribution in [0.2, 0.25) is 0 Å². The minimum absolute atomic E-state index is 0.105. The second-order valence-corrected chi connectivity index (χ2v) is 5.27. The van der Waals surface area contributed by atoms with E-state index in [9.17, 15) is 4.79 Å². The van der Waals surface area contributed by atoms with Crippen molar-refractivity contribution in [1.82, 2.24) is 25.4 Å². The highest BCUT2D eigenvalue weighted by molar-refractivity contribution is 5.78. The molecule has 0 saturated carbocycles. The Hall–Kier alpha value is -2.21. The van der Waals surface area contributed by atoms with Crippen molar-refractivity contribution in [2.75, 3.05) is 13.1 Å². The third-order valence-corrected chi connectivity index (χ3v) is 3.75. The number of nitrogens with one attached hydrogen (secondary N) is 2. The van der Waals surface area contributed by atoms with Gasteiger partial charge in [0.1, 0.15) is 12.7 Å². The standard InChI is InChI=1S/C15H19N5O/c21-15(13-2-1-7-16-9-13)18-8-12-3-5-14(6-4-12)20-11-17-10-19-20/h3-6,10-11,13,16H,1-2,7-9H2,(H,18,21). The van der Waals surface area contributed by atoms with E-state index < -0.39 is 0 Å². The van der Waals surface area contributed by atoms with Crippen LogP contribution in [0.3, 0.4) is 0 Å². The lowest BCUT2D eigenvalue weighted by atomic mass is 9.99. The Morgan fingerprint density at radius 3 is 2.90 bits per heavy atom. The molecular formula is C15H19N5O. The molecular weight excluding hydrogens is 266 g/mol. The molecule has 1 saturated heterocycles. The van der Waals surface area contributed by atoms with Gasteiger partial charge in [-0.05, 0) is 37.1 Å². The molecule has 0 radical (unpaired) electrons. The summed E-state index contributed by atoms with van der Waals surface area (Å²) in [7, 11) is 0. The zero-order valence-corrected chi connectivity index (χ0v) is 11.8. The number of benzene rings is 1. The van der Waals surface area contributed by atoms with Gasteiger partial charge in [-0.1, -0.05) is 12.1 Å². The second-order valence-electron chi connectivity index (χ2n) is 5.27. The summed E-state index contributed by atoms with van der Waals surface area (Å²) in [6.45, 7) is 2.37. The average Bonchev–Trinajstić information content (AvgIpc) is 3.08. The Balaban J connectivity index is 1.54. The molecule has 6 nitrogen and oxygen atoms in total. The summed E-state index contributed by atoms with van der Waals surface area (Å²) in [6.07, 6.45) is 5.22. The lowest BCUT2D eigenvalue weighted by Crippen LogP contribution is -2.40. The number of aromatic nitrogens is 3. The predicted octanol–water partition coefficient (Wildman–Crippen LogP) is 0.883. The van der Waals surface area contributed by atoms with Crippen LogP contribution in [0.25, 0.3) is 5.69 Å². The van der Waals surface area contributed by atoms with Crippen molar-refractivity contribution in [2.24, 2.45) is 5.92 Å². The number of hydrogen-bond donors (Lipinski definition) is 2. The minimum Gasteiger partial charge on any atom is -0.352 e. The van der Waals surface area contributed by atoms with Gasteiger partial charge in [-0.15, -0.1) is 0 Å². The van der Waals surface area contributed by atoms with Crippen molar-refractivity contribution in [2.45, 2.75) is 19.4 Å². The summed E-state index contributed by atoms with van der Waals surface area (Å²) in [6, 6.07) is 7.93. The number of hydrogen-bond acceptors (Lipinski definition) is 4. The molecule has 1 unspecified atom stereocenters. The molecule has 2 N–H and O–H groups in total. The molecule has 2 heterocycles. The molecule has 0 spiro atoms. The Bertz CT molecular complexity index is 573. The highest BCUT2D eigenvalue weighted by atomic mass is 16.1. The SMILES string of the molecule is O=C(NCc1ccc(-n2cncn2)cc1)C1CCCNC1. The first-order valence-corrected chi connectivity index (χ1v) is 7.25. The monoisotopic (exact) mass is 285 g/mol. The minimum atomic E-state index is 0.105. The molecule has 1 amide bonds. The van der Waals surface area contributed by atoms with Crippen LogP contribution in [-0.2, 0) is 11.3 Å². The summed E-state index contributed by atoms with van der Waals surface area (Å²) >= 11 is 0. The molecule has 1 atom stereocenters. The fourth-order valence-corrected chi connectivity index (χ4v) is 2.52. The van der Waals surface area contributed by atoms with E-state index in [1.165, 1.54) is 6.33 Å². The Morgan fingerprint density at radius 2 is 2.24 bits per heavy atom. The molecule has 1 aliphatic heterocycles. The van der Waals surface area contributed by atoms with Gasteiger partial charge >= 0.3 is 0 Å². The van der Waals surface area contributed by atoms with Crippen LogP contribution in [0.4, 0.5) is 0 Å². The number of amides is 1. The summed E-state index contributed by atoms with van der Waals surface area (Å²) in [5, 5.41) is 10.4. The number of carbonyl (C=O) groups excluding carboxylic acids is 1. The van der Waals surface area contributed by atoms with Gasteiger partial charge in [0.05, 0.1) is 11.6 Å². The number of rotatable bonds is 4. The first-order chi connectivity index (χ1) is 10.3.